The van der Waals surface area contributed by atoms with Crippen molar-refractivity contribution in [2.24, 2.45) is 0 Å². The van der Waals surface area contributed by atoms with Crippen LogP contribution in [0.25, 0.3) is 0 Å². The van der Waals surface area contributed by atoms with E-state index >= 15 is 0 Å². The van der Waals surface area contributed by atoms with Crippen molar-refractivity contribution in [1.82, 2.24) is 9.97 Å². The SMILES string of the molecule is COc1ccc(CNc2nc(Nc3ccc(NC(C)=O)c(C)c3)ncc2C(F)(F)F)c(N(C)S(C)=O)c1. The summed E-state index contributed by atoms with van der Waals surface area (Å²) in [5, 5.41) is 8.34. The van der Waals surface area contributed by atoms with Crippen molar-refractivity contribution in [3.63, 3.8) is 0 Å². The van der Waals surface area contributed by atoms with E-state index in [0.29, 0.717) is 34.6 Å². The minimum Gasteiger partial charge on any atom is -0.497 e. The minimum absolute atomic E-state index is 0.0368. The highest BCUT2D eigenvalue weighted by Crippen LogP contribution is 2.35. The van der Waals surface area contributed by atoms with E-state index in [1.165, 1.54) is 24.6 Å². The second kappa shape index (κ2) is 11.5. The molecule has 0 aliphatic carbocycles. The van der Waals surface area contributed by atoms with E-state index in [-0.39, 0.29) is 18.4 Å². The Balaban J connectivity index is 1.90. The van der Waals surface area contributed by atoms with E-state index in [0.717, 1.165) is 5.56 Å². The molecule has 0 bridgehead atoms. The Bertz CT molecular complexity index is 1320. The van der Waals surface area contributed by atoms with Gasteiger partial charge in [0.1, 0.15) is 28.1 Å². The van der Waals surface area contributed by atoms with E-state index in [1.807, 2.05) is 0 Å². The van der Waals surface area contributed by atoms with Crippen LogP contribution in [0.3, 0.4) is 0 Å². The first-order chi connectivity index (χ1) is 17.4. The van der Waals surface area contributed by atoms with Crippen LogP contribution in [0, 0.1) is 6.92 Å². The second-order valence-corrected chi connectivity index (χ2v) is 9.45. The first-order valence-electron chi connectivity index (χ1n) is 11.0. The number of anilines is 5. The number of alkyl halides is 3. The number of benzene rings is 2. The van der Waals surface area contributed by atoms with E-state index < -0.39 is 28.5 Å². The lowest BCUT2D eigenvalue weighted by molar-refractivity contribution is -0.137. The zero-order chi connectivity index (χ0) is 27.3. The molecule has 37 heavy (non-hydrogen) atoms. The van der Waals surface area contributed by atoms with Crippen molar-refractivity contribution in [3.8, 4) is 5.75 Å². The predicted octanol–water partition coefficient (Wildman–Crippen LogP) is 4.86. The number of nitrogens with one attached hydrogen (secondary N) is 3. The average Bonchev–Trinajstić information content (AvgIpc) is 2.83. The van der Waals surface area contributed by atoms with Gasteiger partial charge in [0, 0.05) is 50.4 Å². The number of aromatic nitrogens is 2. The maximum atomic E-state index is 13.7. The van der Waals surface area contributed by atoms with Gasteiger partial charge in [-0.15, -0.1) is 0 Å². The molecule has 2 aromatic carbocycles. The quantitative estimate of drug-likeness (QED) is 0.359. The summed E-state index contributed by atoms with van der Waals surface area (Å²) in [4.78, 5) is 19.2. The lowest BCUT2D eigenvalue weighted by Gasteiger charge is -2.21. The monoisotopic (exact) mass is 536 g/mol. The number of amides is 1. The Morgan fingerprint density at radius 3 is 2.51 bits per heavy atom. The molecule has 198 valence electrons. The minimum atomic E-state index is -4.69. The van der Waals surface area contributed by atoms with Gasteiger partial charge in [-0.05, 0) is 42.3 Å². The van der Waals surface area contributed by atoms with Gasteiger partial charge in [0.05, 0.1) is 12.8 Å². The van der Waals surface area contributed by atoms with Crippen LogP contribution in [0.5, 0.6) is 5.75 Å². The molecule has 3 aromatic rings. The predicted molar refractivity (Wildman–Crippen MR) is 139 cm³/mol. The van der Waals surface area contributed by atoms with Crippen molar-refractivity contribution in [2.75, 3.05) is 40.7 Å². The van der Waals surface area contributed by atoms with Crippen LogP contribution in [-0.4, -0.2) is 40.5 Å². The Hall–Kier alpha value is -3.87. The third kappa shape index (κ3) is 7.09. The number of aryl methyl sites for hydroxylation is 1. The molecule has 0 spiro atoms. The van der Waals surface area contributed by atoms with Gasteiger partial charge in [-0.3, -0.25) is 9.10 Å². The molecule has 9 nitrogen and oxygen atoms in total. The van der Waals surface area contributed by atoms with Crippen LogP contribution in [0.1, 0.15) is 23.6 Å². The summed E-state index contributed by atoms with van der Waals surface area (Å²) in [7, 11) is 1.73. The zero-order valence-corrected chi connectivity index (χ0v) is 21.7. The number of halogens is 3. The van der Waals surface area contributed by atoms with Gasteiger partial charge in [-0.25, -0.2) is 9.19 Å². The molecule has 3 rings (SSSR count). The van der Waals surface area contributed by atoms with Gasteiger partial charge in [0.15, 0.2) is 0 Å². The highest BCUT2D eigenvalue weighted by molar-refractivity contribution is 7.85. The Morgan fingerprint density at radius 2 is 1.92 bits per heavy atom. The number of rotatable bonds is 9. The van der Waals surface area contributed by atoms with E-state index in [9.17, 15) is 22.2 Å². The smallest absolute Gasteiger partial charge is 0.421 e. The maximum absolute atomic E-state index is 13.7. The molecule has 1 heterocycles. The van der Waals surface area contributed by atoms with Crippen molar-refractivity contribution < 1.29 is 26.9 Å². The van der Waals surface area contributed by atoms with Crippen molar-refractivity contribution in [2.45, 2.75) is 26.6 Å². The fourth-order valence-electron chi connectivity index (χ4n) is 3.42. The molecular weight excluding hydrogens is 509 g/mol. The molecule has 0 fully saturated rings. The molecule has 0 aliphatic heterocycles. The lowest BCUT2D eigenvalue weighted by atomic mass is 10.1. The fraction of sp³-hybridized carbons (Fsp3) is 0.292. The third-order valence-electron chi connectivity index (χ3n) is 5.35. The largest absolute Gasteiger partial charge is 0.497 e. The van der Waals surface area contributed by atoms with Crippen molar-refractivity contribution in [1.29, 1.82) is 0 Å². The summed E-state index contributed by atoms with van der Waals surface area (Å²) in [6, 6.07) is 10.0. The summed E-state index contributed by atoms with van der Waals surface area (Å²) in [6.45, 7) is 3.14. The standard InChI is InChI=1S/C24H27F3N6O3S/c1-14-10-17(7-9-20(14)30-15(2)34)31-23-29-13-19(24(25,26)27)22(32-23)28-12-16-6-8-18(36-4)11-21(16)33(3)37(5)35/h6-11,13H,12H2,1-5H3,(H,30,34)(H2,28,29,31,32). The van der Waals surface area contributed by atoms with Crippen LogP contribution in [0.4, 0.5) is 42.0 Å². The maximum Gasteiger partial charge on any atom is 0.421 e. The summed E-state index contributed by atoms with van der Waals surface area (Å²) >= 11 is 0. The van der Waals surface area contributed by atoms with E-state index in [4.69, 9.17) is 4.74 Å². The molecule has 1 amide bonds. The number of methoxy groups -OCH3 is 1. The molecule has 0 aliphatic rings. The number of carbonyl (C=O) groups is 1. The molecule has 0 radical (unpaired) electrons. The molecule has 13 heteroatoms. The summed E-state index contributed by atoms with van der Waals surface area (Å²) in [5.41, 5.74) is 1.98. The van der Waals surface area contributed by atoms with Gasteiger partial charge in [0.2, 0.25) is 11.9 Å². The normalized spacial score (nSPS) is 12.0. The van der Waals surface area contributed by atoms with Gasteiger partial charge >= 0.3 is 6.18 Å². The highest BCUT2D eigenvalue weighted by Gasteiger charge is 2.35. The molecule has 0 saturated heterocycles. The summed E-state index contributed by atoms with van der Waals surface area (Å²) in [6.07, 6.45) is -2.49. The molecular formula is C24H27F3N6O3S. The molecule has 1 unspecified atom stereocenters. The molecule has 3 N–H and O–H groups in total. The fourth-order valence-corrected chi connectivity index (χ4v) is 3.86. The van der Waals surface area contributed by atoms with Crippen molar-refractivity contribution in [3.05, 3.63) is 59.3 Å². The van der Waals surface area contributed by atoms with Crippen LogP contribution in [-0.2, 0) is 28.5 Å². The van der Waals surface area contributed by atoms with Crippen LogP contribution in [0.2, 0.25) is 0 Å². The lowest BCUT2D eigenvalue weighted by Crippen LogP contribution is -2.21. The Labute approximate surface area is 215 Å². The highest BCUT2D eigenvalue weighted by atomic mass is 32.2. The second-order valence-electron chi connectivity index (χ2n) is 8.06. The Kier molecular flexibility index (Phi) is 8.58. The number of hydrogen-bond acceptors (Lipinski definition) is 7. The third-order valence-corrected chi connectivity index (χ3v) is 6.32. The first kappa shape index (κ1) is 27.7. The van der Waals surface area contributed by atoms with Crippen LogP contribution < -0.4 is 25.0 Å². The zero-order valence-electron chi connectivity index (χ0n) is 20.9. The summed E-state index contributed by atoms with van der Waals surface area (Å²) in [5.74, 6) is -0.176. The number of nitrogens with zero attached hydrogens (tertiary/aromatic N) is 3. The van der Waals surface area contributed by atoms with Gasteiger partial charge in [0.25, 0.3) is 0 Å². The molecule has 1 atom stereocenters. The Morgan fingerprint density at radius 1 is 1.19 bits per heavy atom. The van der Waals surface area contributed by atoms with E-state index in [1.54, 1.807) is 50.4 Å². The van der Waals surface area contributed by atoms with Gasteiger partial charge in [-0.1, -0.05) is 6.07 Å². The number of carbonyl (C=O) groups excluding carboxylic acids is 1. The summed E-state index contributed by atoms with van der Waals surface area (Å²) < 4.78 is 59.9. The first-order valence-corrected chi connectivity index (χ1v) is 12.5. The van der Waals surface area contributed by atoms with Gasteiger partial charge < -0.3 is 20.7 Å². The van der Waals surface area contributed by atoms with Crippen LogP contribution >= 0.6 is 0 Å². The molecule has 0 saturated carbocycles. The molecule has 1 aromatic heterocycles. The van der Waals surface area contributed by atoms with Gasteiger partial charge in [-0.2, -0.15) is 18.2 Å². The average molecular weight is 537 g/mol. The number of ether oxygens (including phenoxy) is 1. The number of hydrogen-bond donors (Lipinski definition) is 3. The topological polar surface area (TPSA) is 108 Å². The van der Waals surface area contributed by atoms with Crippen LogP contribution in [0.15, 0.2) is 42.6 Å². The van der Waals surface area contributed by atoms with E-state index in [2.05, 4.69) is 25.9 Å². The van der Waals surface area contributed by atoms with Crippen molar-refractivity contribution >= 4 is 45.7 Å².